The van der Waals surface area contributed by atoms with Crippen molar-refractivity contribution in [2.75, 3.05) is 0 Å². The van der Waals surface area contributed by atoms with Crippen LogP contribution in [0.2, 0.25) is 0 Å². The van der Waals surface area contributed by atoms with E-state index in [1.54, 1.807) is 0 Å². The first-order valence-electron chi connectivity index (χ1n) is 7.18. The van der Waals surface area contributed by atoms with Gasteiger partial charge in [0, 0.05) is 16.6 Å². The van der Waals surface area contributed by atoms with E-state index in [0.29, 0.717) is 12.1 Å². The van der Waals surface area contributed by atoms with Crippen LogP contribution in [-0.2, 0) is 0 Å². The van der Waals surface area contributed by atoms with Crippen LogP contribution in [0, 0.1) is 6.92 Å². The highest BCUT2D eigenvalue weighted by atomic mass is 79.9. The molecule has 0 aliphatic heterocycles. The van der Waals surface area contributed by atoms with Crippen LogP contribution < -0.4 is 5.32 Å². The Morgan fingerprint density at radius 2 is 1.75 bits per heavy atom. The zero-order chi connectivity index (χ0) is 14.5. The summed E-state index contributed by atoms with van der Waals surface area (Å²) < 4.78 is 1.13. The second-order valence-corrected chi connectivity index (χ2v) is 6.23. The van der Waals surface area contributed by atoms with E-state index in [9.17, 15) is 0 Å². The molecule has 106 valence electrons. The molecule has 1 N–H and O–H groups in total. The third-order valence-corrected chi connectivity index (χ3v) is 4.18. The van der Waals surface area contributed by atoms with Crippen molar-refractivity contribution in [3.8, 4) is 0 Å². The van der Waals surface area contributed by atoms with Crippen molar-refractivity contribution >= 4 is 15.9 Å². The summed E-state index contributed by atoms with van der Waals surface area (Å²) >= 11 is 3.54. The Morgan fingerprint density at radius 1 is 1.05 bits per heavy atom. The maximum Gasteiger partial charge on any atom is 0.0323 e. The van der Waals surface area contributed by atoms with Gasteiger partial charge in [-0.3, -0.25) is 0 Å². The summed E-state index contributed by atoms with van der Waals surface area (Å²) in [6.07, 6.45) is 1.08. The molecule has 2 heteroatoms. The first kappa shape index (κ1) is 15.3. The molecule has 2 aromatic carbocycles. The van der Waals surface area contributed by atoms with Gasteiger partial charge in [0.1, 0.15) is 0 Å². The van der Waals surface area contributed by atoms with Crippen molar-refractivity contribution < 1.29 is 0 Å². The lowest BCUT2D eigenvalue weighted by molar-refractivity contribution is 0.456. The highest BCUT2D eigenvalue weighted by molar-refractivity contribution is 9.10. The van der Waals surface area contributed by atoms with Gasteiger partial charge in [-0.25, -0.2) is 0 Å². The van der Waals surface area contributed by atoms with E-state index < -0.39 is 0 Å². The van der Waals surface area contributed by atoms with Gasteiger partial charge in [0.05, 0.1) is 0 Å². The lowest BCUT2D eigenvalue weighted by Crippen LogP contribution is -2.24. The van der Waals surface area contributed by atoms with Crippen LogP contribution in [0.25, 0.3) is 0 Å². The lowest BCUT2D eigenvalue weighted by Gasteiger charge is -2.23. The largest absolute Gasteiger partial charge is 0.303 e. The van der Waals surface area contributed by atoms with Gasteiger partial charge in [-0.15, -0.1) is 0 Å². The van der Waals surface area contributed by atoms with Crippen LogP contribution in [-0.4, -0.2) is 0 Å². The molecule has 1 nitrogen and oxygen atoms in total. The number of halogens is 1. The lowest BCUT2D eigenvalue weighted by atomic mass is 10.0. The molecular weight excluding hydrogens is 310 g/mol. The first-order chi connectivity index (χ1) is 9.60. The molecule has 0 saturated carbocycles. The molecule has 0 radical (unpaired) electrons. The third-order valence-electron chi connectivity index (χ3n) is 3.69. The summed E-state index contributed by atoms with van der Waals surface area (Å²) in [7, 11) is 0. The van der Waals surface area contributed by atoms with E-state index >= 15 is 0 Å². The Hall–Kier alpha value is -1.12. The van der Waals surface area contributed by atoms with Crippen molar-refractivity contribution in [3.05, 3.63) is 69.7 Å². The highest BCUT2D eigenvalue weighted by Gasteiger charge is 2.13. The Morgan fingerprint density at radius 3 is 2.35 bits per heavy atom. The van der Waals surface area contributed by atoms with E-state index in [-0.39, 0.29) is 0 Å². The summed E-state index contributed by atoms with van der Waals surface area (Å²) in [5, 5.41) is 3.73. The van der Waals surface area contributed by atoms with Gasteiger partial charge in [0.15, 0.2) is 0 Å². The van der Waals surface area contributed by atoms with Crippen LogP contribution in [0.3, 0.4) is 0 Å². The number of aryl methyl sites for hydroxylation is 1. The third kappa shape index (κ3) is 3.94. The van der Waals surface area contributed by atoms with Crippen LogP contribution in [0.5, 0.6) is 0 Å². The van der Waals surface area contributed by atoms with Crippen molar-refractivity contribution in [2.45, 2.75) is 39.3 Å². The van der Waals surface area contributed by atoms with E-state index in [1.807, 2.05) is 0 Å². The Balaban J connectivity index is 2.11. The highest BCUT2D eigenvalue weighted by Crippen LogP contribution is 2.24. The van der Waals surface area contributed by atoms with Gasteiger partial charge in [0.2, 0.25) is 0 Å². The monoisotopic (exact) mass is 331 g/mol. The maximum atomic E-state index is 3.73. The summed E-state index contributed by atoms with van der Waals surface area (Å²) in [4.78, 5) is 0. The first-order valence-corrected chi connectivity index (χ1v) is 7.97. The number of nitrogens with one attached hydrogen (secondary N) is 1. The fourth-order valence-corrected chi connectivity index (χ4v) is 2.84. The number of hydrogen-bond acceptors (Lipinski definition) is 1. The normalized spacial score (nSPS) is 14.0. The van der Waals surface area contributed by atoms with Gasteiger partial charge < -0.3 is 5.32 Å². The fraction of sp³-hybridized carbons (Fsp3) is 0.333. The molecule has 0 aromatic heterocycles. The molecule has 1 unspecified atom stereocenters. The second-order valence-electron chi connectivity index (χ2n) is 5.31. The van der Waals surface area contributed by atoms with E-state index in [0.717, 1.165) is 10.9 Å². The van der Waals surface area contributed by atoms with Gasteiger partial charge in [0.25, 0.3) is 0 Å². The maximum absolute atomic E-state index is 3.73. The Kier molecular flexibility index (Phi) is 5.38. The molecule has 2 atom stereocenters. The molecule has 0 saturated heterocycles. The fourth-order valence-electron chi connectivity index (χ4n) is 2.42. The minimum absolute atomic E-state index is 0.332. The molecule has 0 aliphatic rings. The van der Waals surface area contributed by atoms with Gasteiger partial charge in [-0.05, 0) is 43.5 Å². The number of benzene rings is 2. The standard InChI is InChI=1S/C18H22BrN/c1-4-18(15-10-8-13(2)9-11-15)20-14(3)16-6-5-7-17(19)12-16/h5-12,14,18,20H,4H2,1-3H3/t14-,18?/m1/s1. The average Bonchev–Trinajstić information content (AvgIpc) is 2.45. The van der Waals surface area contributed by atoms with Crippen molar-refractivity contribution in [1.29, 1.82) is 0 Å². The predicted octanol–water partition coefficient (Wildman–Crippen LogP) is 5.56. The average molecular weight is 332 g/mol. The zero-order valence-electron chi connectivity index (χ0n) is 12.4. The van der Waals surface area contributed by atoms with Crippen LogP contribution >= 0.6 is 15.9 Å². The summed E-state index contributed by atoms with van der Waals surface area (Å²) in [6, 6.07) is 18.0. The van der Waals surface area contributed by atoms with Crippen LogP contribution in [0.1, 0.15) is 49.0 Å². The molecule has 20 heavy (non-hydrogen) atoms. The minimum Gasteiger partial charge on any atom is -0.303 e. The smallest absolute Gasteiger partial charge is 0.0323 e. The SMILES string of the molecule is CCC(N[C@H](C)c1cccc(Br)c1)c1ccc(C)cc1. The second kappa shape index (κ2) is 7.05. The number of rotatable bonds is 5. The van der Waals surface area contributed by atoms with Crippen LogP contribution in [0.4, 0.5) is 0 Å². The molecule has 2 aromatic rings. The molecule has 0 aliphatic carbocycles. The molecule has 2 rings (SSSR count). The topological polar surface area (TPSA) is 12.0 Å². The molecule has 0 heterocycles. The van der Waals surface area contributed by atoms with E-state index in [2.05, 4.69) is 90.5 Å². The van der Waals surface area contributed by atoms with Crippen molar-refractivity contribution in [1.82, 2.24) is 5.32 Å². The van der Waals surface area contributed by atoms with E-state index in [1.165, 1.54) is 16.7 Å². The molecule has 0 spiro atoms. The minimum atomic E-state index is 0.332. The Labute approximate surface area is 130 Å². The Bertz CT molecular complexity index is 548. The molecule has 0 bridgehead atoms. The summed E-state index contributed by atoms with van der Waals surface area (Å²) in [6.45, 7) is 6.58. The quantitative estimate of drug-likeness (QED) is 0.756. The molecular formula is C18H22BrN. The van der Waals surface area contributed by atoms with Gasteiger partial charge in [-0.1, -0.05) is 64.8 Å². The van der Waals surface area contributed by atoms with Gasteiger partial charge >= 0.3 is 0 Å². The summed E-state index contributed by atoms with van der Waals surface area (Å²) in [5.74, 6) is 0. The van der Waals surface area contributed by atoms with Crippen LogP contribution in [0.15, 0.2) is 53.0 Å². The predicted molar refractivity (Wildman–Crippen MR) is 89.9 cm³/mol. The number of hydrogen-bond donors (Lipinski definition) is 1. The zero-order valence-corrected chi connectivity index (χ0v) is 13.9. The summed E-state index contributed by atoms with van der Waals surface area (Å²) in [5.41, 5.74) is 3.98. The van der Waals surface area contributed by atoms with Crippen molar-refractivity contribution in [2.24, 2.45) is 0 Å². The molecule has 0 amide bonds. The van der Waals surface area contributed by atoms with E-state index in [4.69, 9.17) is 0 Å². The van der Waals surface area contributed by atoms with Gasteiger partial charge in [-0.2, -0.15) is 0 Å². The molecule has 0 fully saturated rings. The van der Waals surface area contributed by atoms with Crippen molar-refractivity contribution in [3.63, 3.8) is 0 Å².